The molecule has 0 spiro atoms. The predicted octanol–water partition coefficient (Wildman–Crippen LogP) is 3.75. The Morgan fingerprint density at radius 3 is 2.59 bits per heavy atom. The number of carbonyl (C=O) groups excluding carboxylic acids is 1. The molecule has 0 bridgehead atoms. The van der Waals surface area contributed by atoms with Gasteiger partial charge in [0.1, 0.15) is 0 Å². The van der Waals surface area contributed by atoms with Crippen LogP contribution in [0.3, 0.4) is 0 Å². The molecule has 27 heavy (non-hydrogen) atoms. The van der Waals surface area contributed by atoms with Gasteiger partial charge in [0.25, 0.3) is 5.91 Å². The number of nitrogens with two attached hydrogens (primary N) is 1. The lowest BCUT2D eigenvalue weighted by atomic mass is 10.1. The number of rotatable bonds is 4. The Kier molecular flexibility index (Phi) is 5.30. The first kappa shape index (κ1) is 18.3. The summed E-state index contributed by atoms with van der Waals surface area (Å²) in [5.41, 5.74) is 5.80. The van der Waals surface area contributed by atoms with Gasteiger partial charge in [-0.1, -0.05) is 29.8 Å². The summed E-state index contributed by atoms with van der Waals surface area (Å²) in [7, 11) is 0. The van der Waals surface area contributed by atoms with Gasteiger partial charge in [-0.3, -0.25) is 14.8 Å². The largest absolute Gasteiger partial charge is 0.272 e. The first-order valence-electron chi connectivity index (χ1n) is 8.57. The first-order valence-corrected chi connectivity index (χ1v) is 8.57. The third kappa shape index (κ3) is 4.20. The van der Waals surface area contributed by atoms with Crippen LogP contribution in [0.25, 0.3) is 11.3 Å². The number of nitrogens with zero attached hydrogens (tertiary/aromatic N) is 3. The van der Waals surface area contributed by atoms with Crippen molar-refractivity contribution in [2.45, 2.75) is 20.4 Å². The van der Waals surface area contributed by atoms with E-state index in [1.54, 1.807) is 24.4 Å². The predicted molar refractivity (Wildman–Crippen MR) is 104 cm³/mol. The molecule has 5 heteroatoms. The fraction of sp³-hybridized carbons (Fsp3) is 0.136. The van der Waals surface area contributed by atoms with E-state index in [1.165, 1.54) is 0 Å². The van der Waals surface area contributed by atoms with E-state index in [0.717, 1.165) is 33.0 Å². The van der Waals surface area contributed by atoms with Crippen molar-refractivity contribution in [2.24, 2.45) is 5.84 Å². The zero-order valence-corrected chi connectivity index (χ0v) is 15.3. The summed E-state index contributed by atoms with van der Waals surface area (Å²) >= 11 is 0. The molecular weight excluding hydrogens is 336 g/mol. The number of amides is 1. The zero-order valence-electron chi connectivity index (χ0n) is 15.3. The molecule has 1 aromatic heterocycles. The molecule has 0 unspecified atom stereocenters. The first-order chi connectivity index (χ1) is 13.0. The van der Waals surface area contributed by atoms with Crippen LogP contribution in [0, 0.1) is 25.2 Å². The van der Waals surface area contributed by atoms with Gasteiger partial charge < -0.3 is 0 Å². The summed E-state index contributed by atoms with van der Waals surface area (Å²) in [5, 5.41) is 10.1. The third-order valence-electron chi connectivity index (χ3n) is 4.40. The summed E-state index contributed by atoms with van der Waals surface area (Å²) in [6.07, 6.45) is 1.55. The van der Waals surface area contributed by atoms with E-state index in [9.17, 15) is 4.79 Å². The average molecular weight is 356 g/mol. The molecule has 2 N–H and O–H groups in total. The van der Waals surface area contributed by atoms with Gasteiger partial charge in [-0.25, -0.2) is 5.84 Å². The molecule has 0 aliphatic rings. The third-order valence-corrected chi connectivity index (χ3v) is 4.40. The fourth-order valence-corrected chi connectivity index (χ4v) is 2.86. The Bertz CT molecular complexity index is 1020. The Balaban J connectivity index is 1.74. The monoisotopic (exact) mass is 356 g/mol. The van der Waals surface area contributed by atoms with Crippen LogP contribution in [-0.2, 0) is 6.54 Å². The van der Waals surface area contributed by atoms with Crippen molar-refractivity contribution in [3.63, 3.8) is 0 Å². The van der Waals surface area contributed by atoms with Crippen LogP contribution in [-0.4, -0.2) is 15.9 Å². The summed E-state index contributed by atoms with van der Waals surface area (Å²) in [4.78, 5) is 17.0. The maximum atomic E-state index is 12.6. The lowest BCUT2D eigenvalue weighted by Crippen LogP contribution is -2.37. The van der Waals surface area contributed by atoms with Gasteiger partial charge >= 0.3 is 0 Å². The highest BCUT2D eigenvalue weighted by atomic mass is 16.2. The minimum atomic E-state index is -0.304. The number of hydrogen-bond donors (Lipinski definition) is 1. The van der Waals surface area contributed by atoms with E-state index in [-0.39, 0.29) is 12.5 Å². The van der Waals surface area contributed by atoms with Crippen LogP contribution in [0.1, 0.15) is 32.6 Å². The van der Waals surface area contributed by atoms with Crippen molar-refractivity contribution in [1.82, 2.24) is 9.99 Å². The molecule has 0 atom stereocenters. The highest BCUT2D eigenvalue weighted by molar-refractivity contribution is 5.93. The molecule has 3 aromatic rings. The summed E-state index contributed by atoms with van der Waals surface area (Å²) in [5.74, 6) is 5.68. The van der Waals surface area contributed by atoms with Gasteiger partial charge in [-0.2, -0.15) is 5.26 Å². The molecular formula is C22H20N4O. The van der Waals surface area contributed by atoms with Gasteiger partial charge in [0, 0.05) is 11.8 Å². The van der Waals surface area contributed by atoms with Gasteiger partial charge in [-0.05, 0) is 55.3 Å². The molecule has 1 amide bonds. The molecule has 1 heterocycles. The number of pyridine rings is 1. The molecule has 0 saturated carbocycles. The maximum absolute atomic E-state index is 12.6. The lowest BCUT2D eigenvalue weighted by Gasteiger charge is -2.18. The number of nitriles is 1. The molecule has 0 fully saturated rings. The van der Waals surface area contributed by atoms with Crippen LogP contribution < -0.4 is 5.84 Å². The van der Waals surface area contributed by atoms with E-state index < -0.39 is 0 Å². The molecule has 134 valence electrons. The van der Waals surface area contributed by atoms with Crippen LogP contribution in [0.5, 0.6) is 0 Å². The van der Waals surface area contributed by atoms with Crippen molar-refractivity contribution in [3.8, 4) is 17.3 Å². The molecule has 2 aromatic carbocycles. The van der Waals surface area contributed by atoms with E-state index in [2.05, 4.69) is 11.1 Å². The normalized spacial score (nSPS) is 10.3. The second kappa shape index (κ2) is 7.81. The minimum Gasteiger partial charge on any atom is -0.272 e. The second-order valence-electron chi connectivity index (χ2n) is 6.49. The van der Waals surface area contributed by atoms with E-state index >= 15 is 0 Å². The van der Waals surface area contributed by atoms with E-state index in [1.807, 2.05) is 50.2 Å². The van der Waals surface area contributed by atoms with Crippen molar-refractivity contribution < 1.29 is 4.79 Å². The van der Waals surface area contributed by atoms with Crippen LogP contribution in [0.4, 0.5) is 0 Å². The molecule has 0 aliphatic heterocycles. The Morgan fingerprint density at radius 1 is 1.15 bits per heavy atom. The standard InChI is InChI=1S/C22H20N4O/c1-15-4-3-5-18(10-15)21-9-8-19(13-25-21)22(27)26(24)14-20-7-6-17(12-23)11-16(20)2/h3-11,13H,14,24H2,1-2H3. The van der Waals surface area contributed by atoms with Gasteiger partial charge in [-0.15, -0.1) is 0 Å². The van der Waals surface area contributed by atoms with Crippen molar-refractivity contribution in [2.75, 3.05) is 0 Å². The topological polar surface area (TPSA) is 83.0 Å². The highest BCUT2D eigenvalue weighted by Gasteiger charge is 2.15. The van der Waals surface area contributed by atoms with Crippen molar-refractivity contribution in [1.29, 1.82) is 5.26 Å². The van der Waals surface area contributed by atoms with Gasteiger partial charge in [0.05, 0.1) is 29.4 Å². The highest BCUT2D eigenvalue weighted by Crippen LogP contribution is 2.19. The Hall–Kier alpha value is -3.49. The SMILES string of the molecule is Cc1cccc(-c2ccc(C(=O)N(N)Cc3ccc(C#N)cc3C)cn2)c1. The molecule has 0 saturated heterocycles. The number of hydrazine groups is 1. The van der Waals surface area contributed by atoms with Gasteiger partial charge in [0.2, 0.25) is 0 Å². The smallest absolute Gasteiger partial charge is 0.269 e. The number of hydrogen-bond acceptors (Lipinski definition) is 4. The molecule has 3 rings (SSSR count). The Morgan fingerprint density at radius 2 is 1.96 bits per heavy atom. The Labute approximate surface area is 158 Å². The van der Waals surface area contributed by atoms with Crippen LogP contribution in [0.2, 0.25) is 0 Å². The number of benzene rings is 2. The number of carbonyl (C=O) groups is 1. The summed E-state index contributed by atoms with van der Waals surface area (Å²) in [6.45, 7) is 4.18. The summed E-state index contributed by atoms with van der Waals surface area (Å²) < 4.78 is 0. The summed E-state index contributed by atoms with van der Waals surface area (Å²) in [6, 6.07) is 19.0. The minimum absolute atomic E-state index is 0.260. The van der Waals surface area contributed by atoms with Gasteiger partial charge in [0.15, 0.2) is 0 Å². The van der Waals surface area contributed by atoms with Crippen molar-refractivity contribution in [3.05, 3.63) is 88.6 Å². The number of aryl methyl sites for hydroxylation is 2. The maximum Gasteiger partial charge on any atom is 0.269 e. The van der Waals surface area contributed by atoms with Crippen molar-refractivity contribution >= 4 is 5.91 Å². The average Bonchev–Trinajstić information content (AvgIpc) is 2.69. The van der Waals surface area contributed by atoms with E-state index in [4.69, 9.17) is 11.1 Å². The molecule has 5 nitrogen and oxygen atoms in total. The number of aromatic nitrogens is 1. The fourth-order valence-electron chi connectivity index (χ4n) is 2.86. The quantitative estimate of drug-likeness (QED) is 0.438. The zero-order chi connectivity index (χ0) is 19.4. The molecule has 0 radical (unpaired) electrons. The lowest BCUT2D eigenvalue weighted by molar-refractivity contribution is 0.0742. The molecule has 0 aliphatic carbocycles. The van der Waals surface area contributed by atoms with E-state index in [0.29, 0.717) is 11.1 Å². The second-order valence-corrected chi connectivity index (χ2v) is 6.49. The van der Waals surface area contributed by atoms with Crippen LogP contribution in [0.15, 0.2) is 60.8 Å². The van der Waals surface area contributed by atoms with Crippen LogP contribution >= 0.6 is 0 Å².